The second kappa shape index (κ2) is 4.35. The summed E-state index contributed by atoms with van der Waals surface area (Å²) in [7, 11) is 0. The van der Waals surface area contributed by atoms with Crippen molar-refractivity contribution >= 4 is 5.78 Å². The van der Waals surface area contributed by atoms with Crippen molar-refractivity contribution in [3.8, 4) is 12.3 Å². The van der Waals surface area contributed by atoms with Crippen LogP contribution in [0.1, 0.15) is 36.0 Å². The highest BCUT2D eigenvalue weighted by Gasteiger charge is 2.30. The Morgan fingerprint density at radius 3 is 3.07 bits per heavy atom. The normalized spacial score (nSPS) is 14.9. The Hall–Kier alpha value is -1.49. The van der Waals surface area contributed by atoms with E-state index in [0.29, 0.717) is 11.7 Å². The maximum atomic E-state index is 11.7. The molecule has 0 amide bonds. The second-order valence-electron chi connectivity index (χ2n) is 4.08. The fourth-order valence-electron chi connectivity index (χ4n) is 1.67. The van der Waals surface area contributed by atoms with E-state index in [1.807, 2.05) is 23.0 Å². The molecule has 0 aliphatic heterocycles. The Kier molecular flexibility index (Phi) is 2.91. The summed E-state index contributed by atoms with van der Waals surface area (Å²) in [6, 6.07) is 1.91. The summed E-state index contributed by atoms with van der Waals surface area (Å²) in [5, 5.41) is 0. The molecule has 1 aliphatic carbocycles. The van der Waals surface area contributed by atoms with Gasteiger partial charge in [-0.05, 0) is 25.3 Å². The van der Waals surface area contributed by atoms with E-state index in [9.17, 15) is 4.79 Å². The van der Waals surface area contributed by atoms with E-state index in [4.69, 9.17) is 6.42 Å². The minimum absolute atomic E-state index is 0.311. The lowest BCUT2D eigenvalue weighted by Crippen LogP contribution is -2.00. The van der Waals surface area contributed by atoms with Crippen molar-refractivity contribution in [1.82, 2.24) is 4.57 Å². The molecule has 2 nitrogen and oxygen atoms in total. The van der Waals surface area contributed by atoms with E-state index in [0.717, 1.165) is 37.8 Å². The third-order valence-electron chi connectivity index (χ3n) is 2.72. The minimum atomic E-state index is 0.311. The number of hydrogen-bond acceptors (Lipinski definition) is 1. The fourth-order valence-corrected chi connectivity index (χ4v) is 1.67. The van der Waals surface area contributed by atoms with Crippen molar-refractivity contribution in [2.45, 2.75) is 32.2 Å². The quantitative estimate of drug-likeness (QED) is 0.407. The largest absolute Gasteiger partial charge is 0.353 e. The summed E-state index contributed by atoms with van der Waals surface area (Å²) >= 11 is 0. The molecule has 2 rings (SSSR count). The van der Waals surface area contributed by atoms with Gasteiger partial charge in [0.15, 0.2) is 5.78 Å². The Labute approximate surface area is 90.3 Å². The molecule has 0 radical (unpaired) electrons. The van der Waals surface area contributed by atoms with Crippen LogP contribution >= 0.6 is 0 Å². The Morgan fingerprint density at radius 2 is 2.40 bits per heavy atom. The molecule has 0 spiro atoms. The molecule has 0 atom stereocenters. The van der Waals surface area contributed by atoms with Crippen molar-refractivity contribution in [3.63, 3.8) is 0 Å². The van der Waals surface area contributed by atoms with Crippen LogP contribution in [-0.4, -0.2) is 10.4 Å². The standard InChI is InChI=1S/C13H15NO/c1-2-3-4-8-14-9-7-12(10-14)13(15)11-5-6-11/h1,7,9-11H,3-6,8H2. The Balaban J connectivity index is 1.92. The van der Waals surface area contributed by atoms with Crippen molar-refractivity contribution in [2.24, 2.45) is 5.92 Å². The molecule has 1 heterocycles. The van der Waals surface area contributed by atoms with Crippen LogP contribution in [0.15, 0.2) is 18.5 Å². The molecule has 0 aromatic carbocycles. The van der Waals surface area contributed by atoms with Gasteiger partial charge >= 0.3 is 0 Å². The zero-order valence-corrected chi connectivity index (χ0v) is 8.78. The average molecular weight is 201 g/mol. The number of hydrogen-bond donors (Lipinski definition) is 0. The van der Waals surface area contributed by atoms with Gasteiger partial charge in [0.2, 0.25) is 0 Å². The first-order valence-corrected chi connectivity index (χ1v) is 5.44. The van der Waals surface area contributed by atoms with Crippen molar-refractivity contribution in [1.29, 1.82) is 0 Å². The van der Waals surface area contributed by atoms with Crippen LogP contribution in [-0.2, 0) is 6.54 Å². The molecule has 15 heavy (non-hydrogen) atoms. The van der Waals surface area contributed by atoms with Gasteiger partial charge in [-0.1, -0.05) is 0 Å². The van der Waals surface area contributed by atoms with Crippen LogP contribution in [0.5, 0.6) is 0 Å². The van der Waals surface area contributed by atoms with Gasteiger partial charge in [-0.2, -0.15) is 0 Å². The van der Waals surface area contributed by atoms with E-state index < -0.39 is 0 Å². The summed E-state index contributed by atoms with van der Waals surface area (Å²) in [6.45, 7) is 0.905. The number of terminal acetylenes is 1. The number of carbonyl (C=O) groups excluding carboxylic acids is 1. The monoisotopic (exact) mass is 201 g/mol. The summed E-state index contributed by atoms with van der Waals surface area (Å²) in [5.74, 6) is 3.24. The first-order chi connectivity index (χ1) is 7.31. The molecule has 1 saturated carbocycles. The number of aryl methyl sites for hydroxylation is 1. The second-order valence-corrected chi connectivity index (χ2v) is 4.08. The molecular formula is C13H15NO. The van der Waals surface area contributed by atoms with Crippen LogP contribution in [0.2, 0.25) is 0 Å². The van der Waals surface area contributed by atoms with E-state index in [1.165, 1.54) is 0 Å². The number of carbonyl (C=O) groups is 1. The van der Waals surface area contributed by atoms with E-state index in [-0.39, 0.29) is 0 Å². The van der Waals surface area contributed by atoms with Gasteiger partial charge in [-0.25, -0.2) is 0 Å². The van der Waals surface area contributed by atoms with Crippen LogP contribution in [0.3, 0.4) is 0 Å². The molecular weight excluding hydrogens is 186 g/mol. The van der Waals surface area contributed by atoms with Gasteiger partial charge < -0.3 is 4.57 Å². The van der Waals surface area contributed by atoms with Gasteiger partial charge in [0.1, 0.15) is 0 Å². The maximum Gasteiger partial charge on any atom is 0.167 e. The SMILES string of the molecule is C#CCCCn1ccc(C(=O)C2CC2)c1. The molecule has 1 aromatic rings. The van der Waals surface area contributed by atoms with Crippen molar-refractivity contribution < 1.29 is 4.79 Å². The molecule has 0 unspecified atom stereocenters. The fraction of sp³-hybridized carbons (Fsp3) is 0.462. The summed E-state index contributed by atoms with van der Waals surface area (Å²) < 4.78 is 2.05. The molecule has 1 aromatic heterocycles. The van der Waals surface area contributed by atoms with Crippen LogP contribution in [0.25, 0.3) is 0 Å². The van der Waals surface area contributed by atoms with Gasteiger partial charge in [0.05, 0.1) is 0 Å². The van der Waals surface area contributed by atoms with Crippen molar-refractivity contribution in [3.05, 3.63) is 24.0 Å². The highest BCUT2D eigenvalue weighted by molar-refractivity contribution is 5.99. The molecule has 0 bridgehead atoms. The Bertz CT molecular complexity index is 393. The smallest absolute Gasteiger partial charge is 0.167 e. The Morgan fingerprint density at radius 1 is 1.60 bits per heavy atom. The highest BCUT2D eigenvalue weighted by atomic mass is 16.1. The van der Waals surface area contributed by atoms with Crippen molar-refractivity contribution in [2.75, 3.05) is 0 Å². The van der Waals surface area contributed by atoms with Crippen LogP contribution in [0, 0.1) is 18.3 Å². The maximum absolute atomic E-state index is 11.7. The number of ketones is 1. The van der Waals surface area contributed by atoms with Gasteiger partial charge in [0, 0.05) is 36.8 Å². The molecule has 1 fully saturated rings. The lowest BCUT2D eigenvalue weighted by molar-refractivity contribution is 0.0967. The lowest BCUT2D eigenvalue weighted by Gasteiger charge is -1.99. The van der Waals surface area contributed by atoms with Gasteiger partial charge in [-0.15, -0.1) is 12.3 Å². The van der Waals surface area contributed by atoms with Gasteiger partial charge in [-0.3, -0.25) is 4.79 Å². The average Bonchev–Trinajstić information content (AvgIpc) is 2.98. The summed E-state index contributed by atoms with van der Waals surface area (Å²) in [5.41, 5.74) is 0.859. The number of unbranched alkanes of at least 4 members (excludes halogenated alkanes) is 1. The summed E-state index contributed by atoms with van der Waals surface area (Å²) in [6.07, 6.45) is 13.0. The van der Waals surface area contributed by atoms with E-state index in [1.54, 1.807) is 0 Å². The number of aromatic nitrogens is 1. The zero-order valence-electron chi connectivity index (χ0n) is 8.78. The van der Waals surface area contributed by atoms with E-state index in [2.05, 4.69) is 5.92 Å². The highest BCUT2D eigenvalue weighted by Crippen LogP contribution is 2.32. The number of Topliss-reactive ketones (excluding diaryl/α,β-unsaturated/α-hetero) is 1. The zero-order chi connectivity index (χ0) is 10.7. The number of nitrogens with zero attached hydrogens (tertiary/aromatic N) is 1. The third-order valence-corrected chi connectivity index (χ3v) is 2.72. The third kappa shape index (κ3) is 2.50. The molecule has 1 aliphatic rings. The van der Waals surface area contributed by atoms with E-state index >= 15 is 0 Å². The number of rotatable bonds is 5. The predicted molar refractivity (Wildman–Crippen MR) is 59.6 cm³/mol. The molecule has 0 N–H and O–H groups in total. The lowest BCUT2D eigenvalue weighted by atomic mass is 10.1. The molecule has 0 saturated heterocycles. The van der Waals surface area contributed by atoms with Gasteiger partial charge in [0.25, 0.3) is 0 Å². The predicted octanol–water partition coefficient (Wildman–Crippen LogP) is 2.49. The van der Waals surface area contributed by atoms with Crippen LogP contribution < -0.4 is 0 Å². The first-order valence-electron chi connectivity index (χ1n) is 5.44. The summed E-state index contributed by atoms with van der Waals surface area (Å²) in [4.78, 5) is 11.7. The first kappa shape index (κ1) is 10.0. The molecule has 2 heteroatoms. The minimum Gasteiger partial charge on any atom is -0.353 e. The van der Waals surface area contributed by atoms with Crippen LogP contribution in [0.4, 0.5) is 0 Å². The molecule has 78 valence electrons. The topological polar surface area (TPSA) is 22.0 Å².